The van der Waals surface area contributed by atoms with E-state index in [1.54, 1.807) is 15.4 Å². The van der Waals surface area contributed by atoms with Crippen LogP contribution >= 0.6 is 11.8 Å². The van der Waals surface area contributed by atoms with Crippen molar-refractivity contribution in [3.8, 4) is 5.69 Å². The van der Waals surface area contributed by atoms with Gasteiger partial charge in [-0.3, -0.25) is 14.2 Å². The second-order valence-corrected chi connectivity index (χ2v) is 8.06. The number of fused-ring (bicyclic) bond motifs is 2. The molecule has 1 N–H and O–H groups in total. The van der Waals surface area contributed by atoms with Gasteiger partial charge >= 0.3 is 0 Å². The van der Waals surface area contributed by atoms with E-state index in [1.807, 2.05) is 31.2 Å². The molecule has 0 fully saturated rings. The molecule has 1 atom stereocenters. The molecule has 0 radical (unpaired) electrons. The van der Waals surface area contributed by atoms with E-state index < -0.39 is 0 Å². The molecule has 8 heteroatoms. The van der Waals surface area contributed by atoms with Crippen molar-refractivity contribution in [2.75, 3.05) is 12.3 Å². The van der Waals surface area contributed by atoms with E-state index in [2.05, 4.69) is 17.3 Å². The first-order valence-corrected chi connectivity index (χ1v) is 10.5. The molecule has 0 aliphatic carbocycles. The number of thioether (sulfide) groups is 1. The lowest BCUT2D eigenvalue weighted by Crippen LogP contribution is -2.31. The number of nitrogens with one attached hydrogen (secondary N) is 1. The summed E-state index contributed by atoms with van der Waals surface area (Å²) in [6.45, 7) is 4.79. The lowest BCUT2D eigenvalue weighted by Gasteiger charge is -2.13. The van der Waals surface area contributed by atoms with Crippen LogP contribution in [0.5, 0.6) is 0 Å². The van der Waals surface area contributed by atoms with Gasteiger partial charge in [-0.1, -0.05) is 42.8 Å². The molecule has 0 bridgehead atoms. The Morgan fingerprint density at radius 3 is 2.86 bits per heavy atom. The van der Waals surface area contributed by atoms with Crippen molar-refractivity contribution in [2.45, 2.75) is 44.3 Å². The maximum atomic E-state index is 13.1. The van der Waals surface area contributed by atoms with Gasteiger partial charge in [0.2, 0.25) is 5.91 Å². The van der Waals surface area contributed by atoms with Gasteiger partial charge < -0.3 is 5.32 Å². The average Bonchev–Trinajstić information content (AvgIpc) is 3.28. The van der Waals surface area contributed by atoms with E-state index in [0.29, 0.717) is 34.9 Å². The van der Waals surface area contributed by atoms with E-state index in [9.17, 15) is 9.59 Å². The van der Waals surface area contributed by atoms with Gasteiger partial charge in [-0.15, -0.1) is 0 Å². The van der Waals surface area contributed by atoms with Gasteiger partial charge in [-0.05, 0) is 25.5 Å². The maximum Gasteiger partial charge on any atom is 0.265 e. The lowest BCUT2D eigenvalue weighted by molar-refractivity contribution is -0.121. The maximum absolute atomic E-state index is 13.1. The fourth-order valence-electron chi connectivity index (χ4n) is 3.35. The van der Waals surface area contributed by atoms with E-state index in [1.165, 1.54) is 11.8 Å². The van der Waals surface area contributed by atoms with Gasteiger partial charge in [-0.25, -0.2) is 9.67 Å². The molecule has 1 aliphatic rings. The van der Waals surface area contributed by atoms with Crippen molar-refractivity contribution in [1.82, 2.24) is 24.6 Å². The summed E-state index contributed by atoms with van der Waals surface area (Å²) in [6.07, 6.45) is 3.86. The van der Waals surface area contributed by atoms with Gasteiger partial charge in [0.05, 0.1) is 17.9 Å². The summed E-state index contributed by atoms with van der Waals surface area (Å²) in [5, 5.41) is 8.44. The third-order valence-corrected chi connectivity index (χ3v) is 6.02. The topological polar surface area (TPSA) is 81.8 Å². The summed E-state index contributed by atoms with van der Waals surface area (Å²) in [5.74, 6) is 0.655. The summed E-state index contributed by atoms with van der Waals surface area (Å²) >= 11 is 1.52. The molecule has 28 heavy (non-hydrogen) atoms. The normalized spacial score (nSPS) is 15.7. The van der Waals surface area contributed by atoms with Crippen molar-refractivity contribution < 1.29 is 4.79 Å². The Kier molecular flexibility index (Phi) is 5.21. The zero-order valence-corrected chi connectivity index (χ0v) is 16.8. The Hall–Kier alpha value is -2.61. The van der Waals surface area contributed by atoms with E-state index in [0.717, 1.165) is 24.1 Å². The van der Waals surface area contributed by atoms with Crippen molar-refractivity contribution in [3.05, 3.63) is 46.4 Å². The van der Waals surface area contributed by atoms with Gasteiger partial charge in [0.1, 0.15) is 5.39 Å². The molecular formula is C20H23N5O2S. The first-order valence-electron chi connectivity index (χ1n) is 9.55. The average molecular weight is 398 g/mol. The Bertz CT molecular complexity index is 1070. The standard InChI is InChI=1S/C20H23N5O2S/c1-3-4-9-21-17(26)10-15-12-28-20-23-18-16(19(27)24(15)20)11-22-25(18)14-7-5-13(2)6-8-14/h5-8,11,15H,3-4,9-10,12H2,1-2H3,(H,21,26). The van der Waals surface area contributed by atoms with Crippen LogP contribution in [0.1, 0.15) is 37.8 Å². The molecule has 1 aromatic carbocycles. The number of hydrogen-bond acceptors (Lipinski definition) is 5. The van der Waals surface area contributed by atoms with Crippen LogP contribution in [0.15, 0.2) is 40.4 Å². The number of unbranched alkanes of at least 4 members (excludes halogenated alkanes) is 1. The molecule has 0 saturated heterocycles. The predicted molar refractivity (Wildman–Crippen MR) is 110 cm³/mol. The van der Waals surface area contributed by atoms with Crippen LogP contribution < -0.4 is 10.9 Å². The molecule has 0 spiro atoms. The molecule has 4 rings (SSSR count). The predicted octanol–water partition coefficient (Wildman–Crippen LogP) is 2.84. The molecular weight excluding hydrogens is 374 g/mol. The number of carbonyl (C=O) groups is 1. The number of benzene rings is 1. The first kappa shape index (κ1) is 18.7. The largest absolute Gasteiger partial charge is 0.356 e. The van der Waals surface area contributed by atoms with E-state index in [-0.39, 0.29) is 17.5 Å². The van der Waals surface area contributed by atoms with Crippen LogP contribution in [0.3, 0.4) is 0 Å². The third-order valence-electron chi connectivity index (χ3n) is 4.92. The summed E-state index contributed by atoms with van der Waals surface area (Å²) in [6, 6.07) is 7.76. The first-order chi connectivity index (χ1) is 13.6. The minimum Gasteiger partial charge on any atom is -0.356 e. The number of rotatable bonds is 6. The summed E-state index contributed by atoms with van der Waals surface area (Å²) < 4.78 is 3.36. The monoisotopic (exact) mass is 397 g/mol. The highest BCUT2D eigenvalue weighted by Gasteiger charge is 2.29. The molecule has 2 aromatic heterocycles. The molecule has 1 aliphatic heterocycles. The molecule has 7 nitrogen and oxygen atoms in total. The van der Waals surface area contributed by atoms with Crippen LogP contribution in [-0.4, -0.2) is 37.5 Å². The van der Waals surface area contributed by atoms with Crippen LogP contribution in [0.25, 0.3) is 16.7 Å². The molecule has 3 heterocycles. The van der Waals surface area contributed by atoms with Crippen LogP contribution in [0, 0.1) is 6.92 Å². The molecule has 146 valence electrons. The molecule has 1 amide bonds. The number of amides is 1. The summed E-state index contributed by atoms with van der Waals surface area (Å²) in [4.78, 5) is 30.0. The Balaban J connectivity index is 1.65. The van der Waals surface area contributed by atoms with Crippen molar-refractivity contribution in [3.63, 3.8) is 0 Å². The second kappa shape index (κ2) is 7.79. The Morgan fingerprint density at radius 1 is 1.32 bits per heavy atom. The number of aryl methyl sites for hydroxylation is 1. The highest BCUT2D eigenvalue weighted by Crippen LogP contribution is 2.33. The highest BCUT2D eigenvalue weighted by atomic mass is 32.2. The van der Waals surface area contributed by atoms with Crippen LogP contribution in [0.4, 0.5) is 0 Å². The smallest absolute Gasteiger partial charge is 0.265 e. The van der Waals surface area contributed by atoms with Gasteiger partial charge in [-0.2, -0.15) is 5.10 Å². The molecule has 3 aromatic rings. The van der Waals surface area contributed by atoms with Gasteiger partial charge in [0.25, 0.3) is 5.56 Å². The van der Waals surface area contributed by atoms with Gasteiger partial charge in [0, 0.05) is 18.7 Å². The van der Waals surface area contributed by atoms with Gasteiger partial charge in [0.15, 0.2) is 10.8 Å². The highest BCUT2D eigenvalue weighted by molar-refractivity contribution is 7.99. The van der Waals surface area contributed by atoms with Crippen LogP contribution in [-0.2, 0) is 4.79 Å². The second-order valence-electron chi connectivity index (χ2n) is 7.07. The van der Waals surface area contributed by atoms with E-state index in [4.69, 9.17) is 4.98 Å². The number of nitrogens with zero attached hydrogens (tertiary/aromatic N) is 4. The zero-order chi connectivity index (χ0) is 19.7. The molecule has 0 saturated carbocycles. The molecule has 1 unspecified atom stereocenters. The quantitative estimate of drug-likeness (QED) is 0.511. The Morgan fingerprint density at radius 2 is 2.11 bits per heavy atom. The lowest BCUT2D eigenvalue weighted by atomic mass is 10.2. The SMILES string of the molecule is CCCCNC(=O)CC1CSc2nc3c(cnn3-c3ccc(C)cc3)c(=O)n21. The Labute approximate surface area is 167 Å². The fraction of sp³-hybridized carbons (Fsp3) is 0.400. The summed E-state index contributed by atoms with van der Waals surface area (Å²) in [7, 11) is 0. The summed E-state index contributed by atoms with van der Waals surface area (Å²) in [5.41, 5.74) is 2.45. The van der Waals surface area contributed by atoms with Crippen molar-refractivity contribution in [2.24, 2.45) is 0 Å². The number of aromatic nitrogens is 4. The third kappa shape index (κ3) is 3.44. The minimum absolute atomic E-state index is 0.0192. The van der Waals surface area contributed by atoms with E-state index >= 15 is 0 Å². The minimum atomic E-state index is -0.172. The number of carbonyl (C=O) groups excluding carboxylic acids is 1. The van der Waals surface area contributed by atoms with Crippen LogP contribution in [0.2, 0.25) is 0 Å². The van der Waals surface area contributed by atoms with Crippen molar-refractivity contribution in [1.29, 1.82) is 0 Å². The fourth-order valence-corrected chi connectivity index (χ4v) is 4.48. The van der Waals surface area contributed by atoms with Crippen molar-refractivity contribution >= 4 is 28.7 Å². The number of hydrogen-bond donors (Lipinski definition) is 1. The zero-order valence-electron chi connectivity index (χ0n) is 16.0.